The van der Waals surface area contributed by atoms with Gasteiger partial charge in [-0.2, -0.15) is 8.78 Å². The first kappa shape index (κ1) is 17.5. The van der Waals surface area contributed by atoms with Crippen LogP contribution in [0.4, 0.5) is 14.5 Å². The van der Waals surface area contributed by atoms with E-state index in [0.717, 1.165) is 5.56 Å². The number of carbonyl (C=O) groups is 1. The van der Waals surface area contributed by atoms with Crippen LogP contribution in [0.3, 0.4) is 0 Å². The van der Waals surface area contributed by atoms with Crippen LogP contribution in [-0.4, -0.2) is 26.2 Å². The summed E-state index contributed by atoms with van der Waals surface area (Å²) < 4.78 is 39.0. The first-order valence-electron chi connectivity index (χ1n) is 7.10. The molecule has 24 heavy (non-hydrogen) atoms. The van der Waals surface area contributed by atoms with E-state index in [4.69, 9.17) is 9.47 Å². The number of anilines is 1. The largest absolute Gasteiger partial charge is 0.493 e. The number of methoxy groups -OCH3 is 1. The minimum absolute atomic E-state index is 0.0173. The van der Waals surface area contributed by atoms with E-state index in [0.29, 0.717) is 17.2 Å². The zero-order chi connectivity index (χ0) is 17.5. The van der Waals surface area contributed by atoms with Crippen LogP contribution in [0.5, 0.6) is 17.2 Å². The molecule has 0 aromatic heterocycles. The third-order valence-electron chi connectivity index (χ3n) is 3.04. The summed E-state index contributed by atoms with van der Waals surface area (Å²) in [6, 6.07) is 11.0. The second-order valence-electron chi connectivity index (χ2n) is 4.89. The van der Waals surface area contributed by atoms with E-state index in [1.165, 1.54) is 31.4 Å². The van der Waals surface area contributed by atoms with Gasteiger partial charge in [0.05, 0.1) is 7.11 Å². The number of rotatable bonds is 7. The number of hydrogen-bond donors (Lipinski definition) is 1. The molecule has 0 aliphatic carbocycles. The van der Waals surface area contributed by atoms with Crippen LogP contribution in [0.2, 0.25) is 0 Å². The fourth-order valence-electron chi connectivity index (χ4n) is 1.95. The molecule has 0 fully saturated rings. The van der Waals surface area contributed by atoms with Gasteiger partial charge in [0.2, 0.25) is 0 Å². The van der Waals surface area contributed by atoms with Crippen LogP contribution >= 0.6 is 0 Å². The molecular formula is C17H17F2NO4. The zero-order valence-corrected chi connectivity index (χ0v) is 13.2. The highest BCUT2D eigenvalue weighted by Crippen LogP contribution is 2.27. The third-order valence-corrected chi connectivity index (χ3v) is 3.04. The van der Waals surface area contributed by atoms with Crippen molar-refractivity contribution in [3.63, 3.8) is 0 Å². The summed E-state index contributed by atoms with van der Waals surface area (Å²) in [4.78, 5) is 11.9. The van der Waals surface area contributed by atoms with E-state index in [9.17, 15) is 13.6 Å². The normalized spacial score (nSPS) is 10.4. The average molecular weight is 337 g/mol. The van der Waals surface area contributed by atoms with Gasteiger partial charge < -0.3 is 19.5 Å². The Bertz CT molecular complexity index is 689. The van der Waals surface area contributed by atoms with Gasteiger partial charge in [0.25, 0.3) is 5.91 Å². The predicted octanol–water partition coefficient (Wildman–Crippen LogP) is 3.62. The average Bonchev–Trinajstić information content (AvgIpc) is 2.55. The van der Waals surface area contributed by atoms with Gasteiger partial charge in [0.15, 0.2) is 18.1 Å². The highest BCUT2D eigenvalue weighted by molar-refractivity contribution is 5.91. The van der Waals surface area contributed by atoms with Crippen LogP contribution in [0.25, 0.3) is 0 Å². The lowest BCUT2D eigenvalue weighted by atomic mass is 10.2. The second kappa shape index (κ2) is 8.14. The van der Waals surface area contributed by atoms with Gasteiger partial charge in [0.1, 0.15) is 5.75 Å². The van der Waals surface area contributed by atoms with Crippen LogP contribution in [0.1, 0.15) is 5.56 Å². The number of alkyl halides is 2. The standard InChI is InChI=1S/C17H17F2NO4/c1-11-3-8-14(15(9-11)22-2)23-10-16(21)20-12-4-6-13(7-5-12)24-17(18)19/h3-9,17H,10H2,1-2H3,(H,20,21). The topological polar surface area (TPSA) is 56.8 Å². The van der Waals surface area contributed by atoms with Crippen LogP contribution in [0.15, 0.2) is 42.5 Å². The lowest BCUT2D eigenvalue weighted by molar-refractivity contribution is -0.118. The molecule has 0 aliphatic rings. The molecule has 0 saturated heterocycles. The van der Waals surface area contributed by atoms with Crippen molar-refractivity contribution in [3.05, 3.63) is 48.0 Å². The number of aryl methyl sites for hydroxylation is 1. The maximum Gasteiger partial charge on any atom is 0.387 e. The fraction of sp³-hybridized carbons (Fsp3) is 0.235. The van der Waals surface area contributed by atoms with Gasteiger partial charge in [-0.15, -0.1) is 0 Å². The quantitative estimate of drug-likeness (QED) is 0.838. The van der Waals surface area contributed by atoms with E-state index in [1.54, 1.807) is 12.1 Å². The Morgan fingerprint density at radius 2 is 1.83 bits per heavy atom. The summed E-state index contributed by atoms with van der Waals surface area (Å²) in [5.74, 6) is 0.624. The summed E-state index contributed by atoms with van der Waals surface area (Å²) in [5, 5.41) is 2.59. The molecule has 7 heteroatoms. The Labute approximate surface area is 138 Å². The first-order valence-corrected chi connectivity index (χ1v) is 7.10. The van der Waals surface area contributed by atoms with Crippen molar-refractivity contribution in [2.75, 3.05) is 19.0 Å². The number of halogens is 2. The lowest BCUT2D eigenvalue weighted by Crippen LogP contribution is -2.20. The molecule has 2 aromatic carbocycles. The van der Waals surface area contributed by atoms with Gasteiger partial charge in [-0.1, -0.05) is 6.07 Å². The molecule has 0 saturated carbocycles. The minimum Gasteiger partial charge on any atom is -0.493 e. The molecule has 0 aliphatic heterocycles. The molecule has 0 spiro atoms. The van der Waals surface area contributed by atoms with Gasteiger partial charge in [-0.05, 0) is 48.9 Å². The van der Waals surface area contributed by atoms with Crippen molar-refractivity contribution in [2.45, 2.75) is 13.5 Å². The molecule has 0 heterocycles. The Morgan fingerprint density at radius 3 is 2.46 bits per heavy atom. The van der Waals surface area contributed by atoms with Crippen molar-refractivity contribution < 1.29 is 27.8 Å². The Kier molecular flexibility index (Phi) is 5.95. The van der Waals surface area contributed by atoms with Crippen LogP contribution in [0, 0.1) is 6.92 Å². The fourth-order valence-corrected chi connectivity index (χ4v) is 1.95. The van der Waals surface area contributed by atoms with Crippen molar-refractivity contribution in [3.8, 4) is 17.2 Å². The van der Waals surface area contributed by atoms with E-state index in [1.807, 2.05) is 13.0 Å². The first-order chi connectivity index (χ1) is 11.5. The van der Waals surface area contributed by atoms with Crippen LogP contribution in [-0.2, 0) is 4.79 Å². The Hall–Kier alpha value is -2.83. The van der Waals surface area contributed by atoms with Gasteiger partial charge in [-0.3, -0.25) is 4.79 Å². The number of hydrogen-bond acceptors (Lipinski definition) is 4. The second-order valence-corrected chi connectivity index (χ2v) is 4.89. The van der Waals surface area contributed by atoms with Crippen molar-refractivity contribution in [2.24, 2.45) is 0 Å². The number of nitrogens with one attached hydrogen (secondary N) is 1. The van der Waals surface area contributed by atoms with Crippen molar-refractivity contribution in [1.29, 1.82) is 0 Å². The molecule has 1 amide bonds. The summed E-state index contributed by atoms with van der Waals surface area (Å²) in [5.41, 5.74) is 1.45. The molecule has 1 N–H and O–H groups in total. The number of carbonyl (C=O) groups excluding carboxylic acids is 1. The molecule has 2 aromatic rings. The number of amides is 1. The van der Waals surface area contributed by atoms with E-state index < -0.39 is 6.61 Å². The summed E-state index contributed by atoms with van der Waals surface area (Å²) in [7, 11) is 1.52. The lowest BCUT2D eigenvalue weighted by Gasteiger charge is -2.11. The third kappa shape index (κ3) is 5.12. The minimum atomic E-state index is -2.89. The molecule has 0 unspecified atom stereocenters. The number of benzene rings is 2. The maximum absolute atomic E-state index is 12.1. The van der Waals surface area contributed by atoms with Crippen molar-refractivity contribution >= 4 is 11.6 Å². The smallest absolute Gasteiger partial charge is 0.387 e. The molecular weight excluding hydrogens is 320 g/mol. The van der Waals surface area contributed by atoms with E-state index >= 15 is 0 Å². The Balaban J connectivity index is 1.89. The van der Waals surface area contributed by atoms with E-state index in [2.05, 4.69) is 10.1 Å². The molecule has 2 rings (SSSR count). The highest BCUT2D eigenvalue weighted by Gasteiger charge is 2.09. The zero-order valence-electron chi connectivity index (χ0n) is 13.2. The molecule has 0 radical (unpaired) electrons. The molecule has 128 valence electrons. The predicted molar refractivity (Wildman–Crippen MR) is 84.9 cm³/mol. The Morgan fingerprint density at radius 1 is 1.12 bits per heavy atom. The van der Waals surface area contributed by atoms with Gasteiger partial charge in [-0.25, -0.2) is 0 Å². The molecule has 5 nitrogen and oxygen atoms in total. The van der Waals surface area contributed by atoms with E-state index in [-0.39, 0.29) is 18.3 Å². The monoisotopic (exact) mass is 337 g/mol. The molecule has 0 atom stereocenters. The number of ether oxygens (including phenoxy) is 3. The van der Waals surface area contributed by atoms with Crippen LogP contribution < -0.4 is 19.5 Å². The molecule has 0 bridgehead atoms. The summed E-state index contributed by atoms with van der Waals surface area (Å²) >= 11 is 0. The van der Waals surface area contributed by atoms with Crippen molar-refractivity contribution in [1.82, 2.24) is 0 Å². The summed E-state index contributed by atoms with van der Waals surface area (Å²) in [6.07, 6.45) is 0. The summed E-state index contributed by atoms with van der Waals surface area (Å²) in [6.45, 7) is -1.18. The SMILES string of the molecule is COc1cc(C)ccc1OCC(=O)Nc1ccc(OC(F)F)cc1. The van der Waals surface area contributed by atoms with Gasteiger partial charge >= 0.3 is 6.61 Å². The van der Waals surface area contributed by atoms with Gasteiger partial charge in [0, 0.05) is 5.69 Å². The highest BCUT2D eigenvalue weighted by atomic mass is 19.3. The maximum atomic E-state index is 12.1.